The molecule has 0 spiro atoms. The maximum absolute atomic E-state index is 11.8. The summed E-state index contributed by atoms with van der Waals surface area (Å²) < 4.78 is 0. The molecule has 0 aliphatic rings. The number of nitrogens with one attached hydrogen (secondary N) is 1. The molecule has 0 amide bonds. The van der Waals surface area contributed by atoms with Gasteiger partial charge in [0, 0.05) is 0 Å². The van der Waals surface area contributed by atoms with Crippen molar-refractivity contribution in [3.05, 3.63) is 66.2 Å². The van der Waals surface area contributed by atoms with Gasteiger partial charge in [0.15, 0.2) is 0 Å². The van der Waals surface area contributed by atoms with Gasteiger partial charge in [-0.05, 0) is 24.6 Å². The third-order valence-corrected chi connectivity index (χ3v) is 2.70. The normalized spacial score (nSPS) is 11.6. The van der Waals surface area contributed by atoms with Crippen LogP contribution in [0, 0.1) is 0 Å². The Hall–Kier alpha value is -2.29. The predicted molar refractivity (Wildman–Crippen MR) is 71.0 cm³/mol. The van der Waals surface area contributed by atoms with Crippen LogP contribution in [0.1, 0.15) is 18.4 Å². The van der Waals surface area contributed by atoms with Gasteiger partial charge in [-0.25, -0.2) is 10.3 Å². The van der Waals surface area contributed by atoms with Crippen molar-refractivity contribution in [3.63, 3.8) is 0 Å². The van der Waals surface area contributed by atoms with Crippen molar-refractivity contribution in [2.45, 2.75) is 12.8 Å². The SMILES string of the molecule is CC(C(=O)ONc1ccccc1)c1ccccc1. The van der Waals surface area contributed by atoms with Crippen LogP contribution in [-0.4, -0.2) is 5.97 Å². The van der Waals surface area contributed by atoms with E-state index < -0.39 is 0 Å². The number of para-hydroxylation sites is 1. The van der Waals surface area contributed by atoms with Crippen LogP contribution in [-0.2, 0) is 9.63 Å². The van der Waals surface area contributed by atoms with Gasteiger partial charge in [-0.15, -0.1) is 0 Å². The first-order valence-corrected chi connectivity index (χ1v) is 5.84. The first-order valence-electron chi connectivity index (χ1n) is 5.84. The van der Waals surface area contributed by atoms with E-state index in [-0.39, 0.29) is 11.9 Å². The number of benzene rings is 2. The monoisotopic (exact) mass is 241 g/mol. The highest BCUT2D eigenvalue weighted by atomic mass is 16.7. The molecule has 18 heavy (non-hydrogen) atoms. The smallest absolute Gasteiger partial charge is 0.339 e. The van der Waals surface area contributed by atoms with Gasteiger partial charge in [0.1, 0.15) is 0 Å². The molecule has 0 fully saturated rings. The molecular weight excluding hydrogens is 226 g/mol. The van der Waals surface area contributed by atoms with Crippen molar-refractivity contribution in [2.24, 2.45) is 0 Å². The summed E-state index contributed by atoms with van der Waals surface area (Å²) in [5.41, 5.74) is 4.34. The Bertz CT molecular complexity index is 496. The fourth-order valence-corrected chi connectivity index (χ4v) is 1.58. The van der Waals surface area contributed by atoms with Gasteiger partial charge in [-0.2, -0.15) is 0 Å². The van der Waals surface area contributed by atoms with Crippen LogP contribution in [0.25, 0.3) is 0 Å². The van der Waals surface area contributed by atoms with Gasteiger partial charge < -0.3 is 4.84 Å². The summed E-state index contributed by atoms with van der Waals surface area (Å²) in [5, 5.41) is 0. The van der Waals surface area contributed by atoms with E-state index in [1.807, 2.05) is 67.6 Å². The minimum atomic E-state index is -0.301. The van der Waals surface area contributed by atoms with E-state index in [0.717, 1.165) is 11.3 Å². The first-order chi connectivity index (χ1) is 8.77. The highest BCUT2D eigenvalue weighted by molar-refractivity contribution is 5.78. The molecule has 0 radical (unpaired) electrons. The van der Waals surface area contributed by atoms with Crippen LogP contribution < -0.4 is 5.48 Å². The lowest BCUT2D eigenvalue weighted by atomic mass is 10.0. The summed E-state index contributed by atoms with van der Waals surface area (Å²) in [4.78, 5) is 16.9. The topological polar surface area (TPSA) is 38.3 Å². The molecule has 2 rings (SSSR count). The molecule has 0 saturated heterocycles. The Balaban J connectivity index is 1.93. The molecular formula is C15H15NO2. The highest BCUT2D eigenvalue weighted by Crippen LogP contribution is 2.16. The third kappa shape index (κ3) is 3.10. The van der Waals surface area contributed by atoms with Crippen molar-refractivity contribution >= 4 is 11.7 Å². The van der Waals surface area contributed by atoms with Crippen molar-refractivity contribution in [3.8, 4) is 0 Å². The molecule has 2 aromatic rings. The minimum absolute atomic E-state index is 0.289. The first kappa shape index (κ1) is 12.2. The molecule has 1 atom stereocenters. The van der Waals surface area contributed by atoms with E-state index >= 15 is 0 Å². The van der Waals surface area contributed by atoms with E-state index in [1.165, 1.54) is 0 Å². The fourth-order valence-electron chi connectivity index (χ4n) is 1.58. The molecule has 92 valence electrons. The maximum atomic E-state index is 11.8. The second-order valence-corrected chi connectivity index (χ2v) is 4.02. The Morgan fingerprint density at radius 3 is 2.17 bits per heavy atom. The van der Waals surface area contributed by atoms with Crippen molar-refractivity contribution < 1.29 is 9.63 Å². The second kappa shape index (κ2) is 5.87. The number of anilines is 1. The zero-order chi connectivity index (χ0) is 12.8. The van der Waals surface area contributed by atoms with E-state index in [2.05, 4.69) is 5.48 Å². The van der Waals surface area contributed by atoms with Crippen molar-refractivity contribution in [2.75, 3.05) is 5.48 Å². The second-order valence-electron chi connectivity index (χ2n) is 4.02. The Morgan fingerprint density at radius 2 is 1.56 bits per heavy atom. The summed E-state index contributed by atoms with van der Waals surface area (Å²) in [5.74, 6) is -0.590. The number of carbonyl (C=O) groups excluding carboxylic acids is 1. The number of rotatable bonds is 4. The highest BCUT2D eigenvalue weighted by Gasteiger charge is 2.16. The molecule has 0 aromatic heterocycles. The minimum Gasteiger partial charge on any atom is -0.343 e. The fraction of sp³-hybridized carbons (Fsp3) is 0.133. The summed E-state index contributed by atoms with van der Waals surface area (Å²) in [6, 6.07) is 18.9. The Kier molecular flexibility index (Phi) is 3.97. The van der Waals surface area contributed by atoms with Crippen LogP contribution in [0.15, 0.2) is 60.7 Å². The largest absolute Gasteiger partial charge is 0.343 e. The van der Waals surface area contributed by atoms with Gasteiger partial charge in [0.05, 0.1) is 11.6 Å². The zero-order valence-corrected chi connectivity index (χ0v) is 10.2. The van der Waals surface area contributed by atoms with Crippen molar-refractivity contribution in [1.29, 1.82) is 0 Å². The molecule has 0 aliphatic heterocycles. The van der Waals surface area contributed by atoms with Crippen LogP contribution in [0.4, 0.5) is 5.69 Å². The predicted octanol–water partition coefficient (Wildman–Crippen LogP) is 3.36. The Morgan fingerprint density at radius 1 is 1.00 bits per heavy atom. The van der Waals surface area contributed by atoms with Gasteiger partial charge in [0.2, 0.25) is 0 Å². The average Bonchev–Trinajstić information content (AvgIpc) is 2.46. The molecule has 2 aromatic carbocycles. The molecule has 1 unspecified atom stereocenters. The van der Waals surface area contributed by atoms with Crippen LogP contribution in [0.3, 0.4) is 0 Å². The molecule has 3 heteroatoms. The number of hydrogen-bond acceptors (Lipinski definition) is 3. The Labute approximate surface area is 106 Å². The lowest BCUT2D eigenvalue weighted by molar-refractivity contribution is -0.142. The lowest BCUT2D eigenvalue weighted by Gasteiger charge is -2.12. The summed E-state index contributed by atoms with van der Waals surface area (Å²) in [7, 11) is 0. The molecule has 0 bridgehead atoms. The van der Waals surface area contributed by atoms with Gasteiger partial charge in [0.25, 0.3) is 0 Å². The summed E-state index contributed by atoms with van der Waals surface area (Å²) in [6.07, 6.45) is 0. The van der Waals surface area contributed by atoms with Crippen LogP contribution in [0.5, 0.6) is 0 Å². The number of hydrogen-bond donors (Lipinski definition) is 1. The average molecular weight is 241 g/mol. The van der Waals surface area contributed by atoms with Gasteiger partial charge >= 0.3 is 5.97 Å². The van der Waals surface area contributed by atoms with Crippen LogP contribution >= 0.6 is 0 Å². The molecule has 0 aliphatic carbocycles. The molecule has 3 nitrogen and oxygen atoms in total. The quantitative estimate of drug-likeness (QED) is 0.834. The molecule has 0 saturated carbocycles. The standard InChI is InChI=1S/C15H15NO2/c1-12(13-8-4-2-5-9-13)15(17)18-16-14-10-6-3-7-11-14/h2-12,16H,1H3. The summed E-state index contributed by atoms with van der Waals surface area (Å²) >= 11 is 0. The maximum Gasteiger partial charge on any atom is 0.339 e. The van der Waals surface area contributed by atoms with E-state index in [1.54, 1.807) is 0 Å². The van der Waals surface area contributed by atoms with E-state index in [9.17, 15) is 4.79 Å². The van der Waals surface area contributed by atoms with E-state index in [4.69, 9.17) is 4.84 Å². The molecule has 1 N–H and O–H groups in total. The number of carbonyl (C=O) groups is 1. The van der Waals surface area contributed by atoms with Crippen LogP contribution in [0.2, 0.25) is 0 Å². The zero-order valence-electron chi connectivity index (χ0n) is 10.2. The van der Waals surface area contributed by atoms with Gasteiger partial charge in [-0.1, -0.05) is 48.5 Å². The third-order valence-electron chi connectivity index (χ3n) is 2.70. The lowest BCUT2D eigenvalue weighted by Crippen LogP contribution is -2.16. The van der Waals surface area contributed by atoms with Crippen molar-refractivity contribution in [1.82, 2.24) is 0 Å². The summed E-state index contributed by atoms with van der Waals surface area (Å²) in [6.45, 7) is 1.82. The van der Waals surface area contributed by atoms with E-state index in [0.29, 0.717) is 0 Å². The molecule has 0 heterocycles. The van der Waals surface area contributed by atoms with Gasteiger partial charge in [-0.3, -0.25) is 0 Å².